The summed E-state index contributed by atoms with van der Waals surface area (Å²) in [7, 11) is 0. The Morgan fingerprint density at radius 2 is 1.78 bits per heavy atom. The lowest BCUT2D eigenvalue weighted by atomic mass is 9.97. The minimum Gasteiger partial charge on any atom is -0.508 e. The van der Waals surface area contributed by atoms with Crippen molar-refractivity contribution >= 4 is 17.6 Å². The quantitative estimate of drug-likeness (QED) is 0.683. The molecule has 0 saturated heterocycles. The lowest BCUT2D eigenvalue weighted by Gasteiger charge is -2.26. The van der Waals surface area contributed by atoms with E-state index in [1.807, 2.05) is 54.6 Å². The van der Waals surface area contributed by atoms with Crippen LogP contribution in [0.2, 0.25) is 5.02 Å². The Morgan fingerprint density at radius 3 is 2.59 bits per heavy atom. The summed E-state index contributed by atoms with van der Waals surface area (Å²) in [5, 5.41) is 13.9. The topological polar surface area (TPSA) is 52.6 Å². The average molecular weight is 379 g/mol. The summed E-state index contributed by atoms with van der Waals surface area (Å²) in [6.45, 7) is 0.925. The highest BCUT2D eigenvalue weighted by atomic mass is 35.5. The molecule has 4 nitrogen and oxygen atoms in total. The highest BCUT2D eigenvalue weighted by Gasteiger charge is 2.36. The van der Waals surface area contributed by atoms with Gasteiger partial charge in [0.25, 0.3) is 0 Å². The van der Waals surface area contributed by atoms with Gasteiger partial charge < -0.3 is 15.3 Å². The lowest BCUT2D eigenvalue weighted by Crippen LogP contribution is -2.38. The standard InChI is InChI=1S/C22H19ClN2O2/c23-17-10-11-20(26)19(12-17)21-18-9-5-4-8-16(18)14-25(21)22(27)24-13-15-6-2-1-3-7-15/h1-12,21,26H,13-14H2,(H,24,27). The molecule has 1 heterocycles. The van der Waals surface area contributed by atoms with Crippen LogP contribution in [0.3, 0.4) is 0 Å². The van der Waals surface area contributed by atoms with E-state index in [0.29, 0.717) is 23.7 Å². The van der Waals surface area contributed by atoms with Gasteiger partial charge in [0.1, 0.15) is 5.75 Å². The molecule has 3 aromatic carbocycles. The third-order valence-corrected chi connectivity index (χ3v) is 5.07. The first kappa shape index (κ1) is 17.4. The number of carbonyl (C=O) groups is 1. The molecule has 0 radical (unpaired) electrons. The van der Waals surface area contributed by atoms with Crippen LogP contribution in [0.4, 0.5) is 4.79 Å². The van der Waals surface area contributed by atoms with E-state index in [1.165, 1.54) is 0 Å². The number of urea groups is 1. The summed E-state index contributed by atoms with van der Waals surface area (Å²) in [4.78, 5) is 14.7. The van der Waals surface area contributed by atoms with Gasteiger partial charge in [-0.1, -0.05) is 66.2 Å². The van der Waals surface area contributed by atoms with E-state index in [0.717, 1.165) is 16.7 Å². The predicted octanol–water partition coefficient (Wildman–Crippen LogP) is 4.86. The number of halogens is 1. The number of fused-ring (bicyclic) bond motifs is 1. The predicted molar refractivity (Wildman–Crippen MR) is 106 cm³/mol. The van der Waals surface area contributed by atoms with Crippen LogP contribution in [0.25, 0.3) is 0 Å². The zero-order valence-corrected chi connectivity index (χ0v) is 15.4. The number of nitrogens with one attached hydrogen (secondary N) is 1. The van der Waals surface area contributed by atoms with Gasteiger partial charge in [-0.2, -0.15) is 0 Å². The van der Waals surface area contributed by atoms with Crippen molar-refractivity contribution in [2.45, 2.75) is 19.1 Å². The first-order valence-corrected chi connectivity index (χ1v) is 9.16. The second-order valence-electron chi connectivity index (χ2n) is 6.58. The minimum atomic E-state index is -0.379. The molecular formula is C22H19ClN2O2. The molecule has 0 saturated carbocycles. The van der Waals surface area contributed by atoms with Crippen molar-refractivity contribution < 1.29 is 9.90 Å². The van der Waals surface area contributed by atoms with Crippen molar-refractivity contribution in [2.75, 3.05) is 0 Å². The van der Waals surface area contributed by atoms with Gasteiger partial charge in [0.2, 0.25) is 0 Å². The van der Waals surface area contributed by atoms with Gasteiger partial charge in [0, 0.05) is 23.7 Å². The second kappa shape index (κ2) is 7.33. The molecule has 27 heavy (non-hydrogen) atoms. The summed E-state index contributed by atoms with van der Waals surface area (Å²) >= 11 is 6.16. The van der Waals surface area contributed by atoms with E-state index in [-0.39, 0.29) is 17.8 Å². The SMILES string of the molecule is O=C(NCc1ccccc1)N1Cc2ccccc2C1c1cc(Cl)ccc1O. The van der Waals surface area contributed by atoms with Crippen LogP contribution in [-0.4, -0.2) is 16.0 Å². The number of benzene rings is 3. The van der Waals surface area contributed by atoms with Gasteiger partial charge in [-0.05, 0) is 34.9 Å². The third kappa shape index (κ3) is 3.49. The first-order chi connectivity index (χ1) is 13.1. The number of hydrogen-bond donors (Lipinski definition) is 2. The van der Waals surface area contributed by atoms with Gasteiger partial charge in [0.05, 0.1) is 6.04 Å². The Bertz CT molecular complexity index is 975. The number of hydrogen-bond acceptors (Lipinski definition) is 2. The Labute approximate surface area is 163 Å². The minimum absolute atomic E-state index is 0.127. The van der Waals surface area contributed by atoms with E-state index < -0.39 is 0 Å². The van der Waals surface area contributed by atoms with Gasteiger partial charge >= 0.3 is 6.03 Å². The van der Waals surface area contributed by atoms with Crippen LogP contribution in [0, 0.1) is 0 Å². The van der Waals surface area contributed by atoms with Crippen LogP contribution in [0.15, 0.2) is 72.8 Å². The van der Waals surface area contributed by atoms with E-state index in [2.05, 4.69) is 5.32 Å². The summed E-state index contributed by atoms with van der Waals surface area (Å²) in [6, 6.07) is 22.0. The zero-order chi connectivity index (χ0) is 18.8. The maximum absolute atomic E-state index is 13.0. The number of amides is 2. The molecule has 136 valence electrons. The van der Waals surface area contributed by atoms with Crippen LogP contribution < -0.4 is 5.32 Å². The summed E-state index contributed by atoms with van der Waals surface area (Å²) in [5.74, 6) is 0.127. The Balaban J connectivity index is 1.65. The van der Waals surface area contributed by atoms with E-state index >= 15 is 0 Å². The molecular weight excluding hydrogens is 360 g/mol. The van der Waals surface area contributed by atoms with Crippen LogP contribution in [0.1, 0.15) is 28.3 Å². The molecule has 0 fully saturated rings. The zero-order valence-electron chi connectivity index (χ0n) is 14.6. The van der Waals surface area contributed by atoms with Crippen molar-refractivity contribution in [3.8, 4) is 5.75 Å². The molecule has 0 aliphatic carbocycles. The van der Waals surface area contributed by atoms with Crippen LogP contribution in [0.5, 0.6) is 5.75 Å². The van der Waals surface area contributed by atoms with Gasteiger partial charge in [0.15, 0.2) is 0 Å². The molecule has 0 bridgehead atoms. The van der Waals surface area contributed by atoms with Gasteiger partial charge in [-0.3, -0.25) is 0 Å². The normalized spacial score (nSPS) is 15.4. The Hall–Kier alpha value is -2.98. The molecule has 0 spiro atoms. The molecule has 0 aromatic heterocycles. The molecule has 5 heteroatoms. The highest BCUT2D eigenvalue weighted by molar-refractivity contribution is 6.30. The summed E-state index contributed by atoms with van der Waals surface area (Å²) < 4.78 is 0. The van der Waals surface area contributed by atoms with Gasteiger partial charge in [-0.15, -0.1) is 0 Å². The van der Waals surface area contributed by atoms with Crippen molar-refractivity contribution in [2.24, 2.45) is 0 Å². The number of aromatic hydroxyl groups is 1. The average Bonchev–Trinajstić information content (AvgIpc) is 3.08. The molecule has 3 aromatic rings. The first-order valence-electron chi connectivity index (χ1n) is 8.78. The van der Waals surface area contributed by atoms with Crippen molar-refractivity contribution in [3.05, 3.63) is 100 Å². The molecule has 2 N–H and O–H groups in total. The van der Waals surface area contributed by atoms with Crippen LogP contribution in [-0.2, 0) is 13.1 Å². The Kier molecular flexibility index (Phi) is 4.73. The highest BCUT2D eigenvalue weighted by Crippen LogP contribution is 2.42. The maximum atomic E-state index is 13.0. The van der Waals surface area contributed by atoms with Crippen molar-refractivity contribution in [1.82, 2.24) is 10.2 Å². The van der Waals surface area contributed by atoms with E-state index in [9.17, 15) is 9.90 Å². The fraction of sp³-hybridized carbons (Fsp3) is 0.136. The molecule has 4 rings (SSSR count). The number of carbonyl (C=O) groups excluding carboxylic acids is 1. The molecule has 1 unspecified atom stereocenters. The van der Waals surface area contributed by atoms with Crippen LogP contribution >= 0.6 is 11.6 Å². The van der Waals surface area contributed by atoms with Gasteiger partial charge in [-0.25, -0.2) is 4.79 Å². The summed E-state index contributed by atoms with van der Waals surface area (Å²) in [6.07, 6.45) is 0. The van der Waals surface area contributed by atoms with Crippen molar-refractivity contribution in [3.63, 3.8) is 0 Å². The smallest absolute Gasteiger partial charge is 0.318 e. The lowest BCUT2D eigenvalue weighted by molar-refractivity contribution is 0.188. The third-order valence-electron chi connectivity index (χ3n) is 4.83. The monoisotopic (exact) mass is 378 g/mol. The molecule has 1 aliphatic rings. The largest absolute Gasteiger partial charge is 0.508 e. The number of phenols is 1. The van der Waals surface area contributed by atoms with E-state index in [1.54, 1.807) is 23.1 Å². The summed E-state index contributed by atoms with van der Waals surface area (Å²) in [5.41, 5.74) is 3.73. The molecule has 1 atom stereocenters. The molecule has 1 aliphatic heterocycles. The maximum Gasteiger partial charge on any atom is 0.318 e. The number of phenolic OH excluding ortho intramolecular Hbond substituents is 1. The number of rotatable bonds is 3. The fourth-order valence-electron chi connectivity index (χ4n) is 3.53. The number of nitrogens with zero attached hydrogens (tertiary/aromatic N) is 1. The Morgan fingerprint density at radius 1 is 1.04 bits per heavy atom. The molecule has 2 amide bonds. The second-order valence-corrected chi connectivity index (χ2v) is 7.01. The van der Waals surface area contributed by atoms with Crippen molar-refractivity contribution in [1.29, 1.82) is 0 Å². The van der Waals surface area contributed by atoms with E-state index in [4.69, 9.17) is 11.6 Å². The fourth-order valence-corrected chi connectivity index (χ4v) is 3.71.